The first-order chi connectivity index (χ1) is 8.52. The van der Waals surface area contributed by atoms with E-state index in [9.17, 15) is 14.0 Å². The normalized spacial score (nSPS) is 11.2. The Labute approximate surface area is 104 Å². The van der Waals surface area contributed by atoms with E-state index in [0.717, 1.165) is 6.20 Å². The van der Waals surface area contributed by atoms with Gasteiger partial charge in [-0.25, -0.2) is 4.39 Å². The maximum Gasteiger partial charge on any atom is 0.310 e. The van der Waals surface area contributed by atoms with Crippen molar-refractivity contribution in [3.63, 3.8) is 0 Å². The molecule has 1 aromatic rings. The Kier molecular flexibility index (Phi) is 5.17. The average molecular weight is 251 g/mol. The minimum absolute atomic E-state index is 0.109. The largest absolute Gasteiger partial charge is 0.466 e. The van der Waals surface area contributed by atoms with Crippen LogP contribution in [0.15, 0.2) is 23.9 Å². The van der Waals surface area contributed by atoms with E-state index in [-0.39, 0.29) is 24.4 Å². The minimum atomic E-state index is -0.471. The standard InChI is InChI=1S/C13H14FNO3/c1-3-18-13(17)7-10(9(2)16)6-12-5-4-11(14)8-15-12/h4-6,8H,3,7H2,1-2H3/b10-6+. The van der Waals surface area contributed by atoms with E-state index < -0.39 is 11.8 Å². The van der Waals surface area contributed by atoms with Gasteiger partial charge in [-0.2, -0.15) is 0 Å². The van der Waals surface area contributed by atoms with Crippen molar-refractivity contribution in [1.82, 2.24) is 4.98 Å². The summed E-state index contributed by atoms with van der Waals surface area (Å²) in [7, 11) is 0. The van der Waals surface area contributed by atoms with Crippen molar-refractivity contribution in [2.75, 3.05) is 6.61 Å². The maximum atomic E-state index is 12.7. The molecule has 0 aliphatic heterocycles. The molecule has 0 saturated heterocycles. The van der Waals surface area contributed by atoms with E-state index >= 15 is 0 Å². The van der Waals surface area contributed by atoms with Gasteiger partial charge >= 0.3 is 5.97 Å². The molecule has 1 heterocycles. The zero-order valence-electron chi connectivity index (χ0n) is 10.3. The minimum Gasteiger partial charge on any atom is -0.466 e. The Morgan fingerprint density at radius 2 is 2.17 bits per heavy atom. The topological polar surface area (TPSA) is 56.3 Å². The molecule has 0 saturated carbocycles. The number of aromatic nitrogens is 1. The van der Waals surface area contributed by atoms with Crippen LogP contribution in [0, 0.1) is 5.82 Å². The van der Waals surface area contributed by atoms with Gasteiger partial charge in [-0.3, -0.25) is 14.6 Å². The lowest BCUT2D eigenvalue weighted by Gasteiger charge is -2.04. The second-order valence-corrected chi connectivity index (χ2v) is 3.61. The third-order valence-electron chi connectivity index (χ3n) is 2.16. The van der Waals surface area contributed by atoms with Crippen molar-refractivity contribution in [1.29, 1.82) is 0 Å². The van der Waals surface area contributed by atoms with Crippen molar-refractivity contribution >= 4 is 17.8 Å². The second-order valence-electron chi connectivity index (χ2n) is 3.61. The fourth-order valence-electron chi connectivity index (χ4n) is 1.30. The highest BCUT2D eigenvalue weighted by atomic mass is 19.1. The number of pyridine rings is 1. The zero-order valence-corrected chi connectivity index (χ0v) is 10.3. The summed E-state index contributed by atoms with van der Waals surface area (Å²) in [6, 6.07) is 2.67. The van der Waals surface area contributed by atoms with Gasteiger partial charge in [0.05, 0.1) is 24.9 Å². The van der Waals surface area contributed by atoms with Gasteiger partial charge < -0.3 is 4.74 Å². The van der Waals surface area contributed by atoms with Crippen molar-refractivity contribution in [2.24, 2.45) is 0 Å². The molecule has 4 nitrogen and oxygen atoms in total. The highest BCUT2D eigenvalue weighted by Gasteiger charge is 2.11. The Hall–Kier alpha value is -2.04. The Bertz CT molecular complexity index is 466. The van der Waals surface area contributed by atoms with Gasteiger partial charge in [0.25, 0.3) is 0 Å². The van der Waals surface area contributed by atoms with Crippen LogP contribution in [0.2, 0.25) is 0 Å². The molecule has 0 atom stereocenters. The Morgan fingerprint density at radius 3 is 2.67 bits per heavy atom. The summed E-state index contributed by atoms with van der Waals surface area (Å²) in [4.78, 5) is 26.5. The number of hydrogen-bond donors (Lipinski definition) is 0. The molecule has 0 aromatic carbocycles. The molecule has 0 fully saturated rings. The highest BCUT2D eigenvalue weighted by Crippen LogP contribution is 2.10. The van der Waals surface area contributed by atoms with Crippen LogP contribution >= 0.6 is 0 Å². The van der Waals surface area contributed by atoms with E-state index in [4.69, 9.17) is 4.74 Å². The van der Waals surface area contributed by atoms with Crippen LogP contribution in [0.5, 0.6) is 0 Å². The molecule has 0 aliphatic rings. The van der Waals surface area contributed by atoms with Gasteiger partial charge in [0, 0.05) is 5.57 Å². The summed E-state index contributed by atoms with van der Waals surface area (Å²) in [6.07, 6.45) is 2.40. The number of Topliss-reactive ketones (excluding diaryl/α,β-unsaturated/α-hetero) is 1. The monoisotopic (exact) mass is 251 g/mol. The number of esters is 1. The molecule has 0 bridgehead atoms. The summed E-state index contributed by atoms with van der Waals surface area (Å²) >= 11 is 0. The summed E-state index contributed by atoms with van der Waals surface area (Å²) in [5, 5.41) is 0. The molecule has 0 aliphatic carbocycles. The number of hydrogen-bond acceptors (Lipinski definition) is 4. The van der Waals surface area contributed by atoms with Crippen LogP contribution in [0.25, 0.3) is 6.08 Å². The molecular weight excluding hydrogens is 237 g/mol. The Morgan fingerprint density at radius 1 is 1.44 bits per heavy atom. The zero-order chi connectivity index (χ0) is 13.5. The highest BCUT2D eigenvalue weighted by molar-refractivity contribution is 6.01. The summed E-state index contributed by atoms with van der Waals surface area (Å²) < 4.78 is 17.4. The van der Waals surface area contributed by atoms with Crippen LogP contribution < -0.4 is 0 Å². The van der Waals surface area contributed by atoms with Crippen molar-refractivity contribution in [3.8, 4) is 0 Å². The third-order valence-corrected chi connectivity index (χ3v) is 2.16. The maximum absolute atomic E-state index is 12.7. The van der Waals surface area contributed by atoms with Gasteiger partial charge in [-0.05, 0) is 32.1 Å². The first-order valence-corrected chi connectivity index (χ1v) is 5.51. The summed E-state index contributed by atoms with van der Waals surface area (Å²) in [6.45, 7) is 3.31. The van der Waals surface area contributed by atoms with E-state index in [1.165, 1.54) is 25.1 Å². The van der Waals surface area contributed by atoms with Gasteiger partial charge in [0.15, 0.2) is 5.78 Å². The van der Waals surface area contributed by atoms with Crippen molar-refractivity contribution < 1.29 is 18.7 Å². The summed E-state index contributed by atoms with van der Waals surface area (Å²) in [5.41, 5.74) is 0.707. The lowest BCUT2D eigenvalue weighted by molar-refractivity contribution is -0.142. The summed E-state index contributed by atoms with van der Waals surface area (Å²) in [5.74, 6) is -1.17. The number of nitrogens with zero attached hydrogens (tertiary/aromatic N) is 1. The molecule has 0 spiro atoms. The number of carbonyl (C=O) groups is 2. The molecule has 0 radical (unpaired) electrons. The van der Waals surface area contributed by atoms with Gasteiger partial charge in [-0.1, -0.05) is 0 Å². The van der Waals surface area contributed by atoms with Crippen molar-refractivity contribution in [3.05, 3.63) is 35.4 Å². The van der Waals surface area contributed by atoms with Crippen LogP contribution in [-0.4, -0.2) is 23.3 Å². The third kappa shape index (κ3) is 4.45. The molecule has 0 N–H and O–H groups in total. The van der Waals surface area contributed by atoms with Gasteiger partial charge in [-0.15, -0.1) is 0 Å². The quantitative estimate of drug-likeness (QED) is 0.594. The average Bonchev–Trinajstić information content (AvgIpc) is 2.31. The Balaban J connectivity index is 2.87. The molecular formula is C13H14FNO3. The molecule has 1 rings (SSSR count). The number of ether oxygens (including phenoxy) is 1. The molecule has 0 unspecified atom stereocenters. The number of carbonyl (C=O) groups excluding carboxylic acids is 2. The number of ketones is 1. The smallest absolute Gasteiger partial charge is 0.310 e. The molecule has 5 heteroatoms. The van der Waals surface area contributed by atoms with E-state index in [2.05, 4.69) is 4.98 Å². The molecule has 1 aromatic heterocycles. The van der Waals surface area contributed by atoms with Crippen LogP contribution in [0.3, 0.4) is 0 Å². The lowest BCUT2D eigenvalue weighted by atomic mass is 10.1. The first kappa shape index (κ1) is 14.0. The van der Waals surface area contributed by atoms with E-state index in [0.29, 0.717) is 5.69 Å². The molecule has 96 valence electrons. The van der Waals surface area contributed by atoms with E-state index in [1.807, 2.05) is 0 Å². The molecule has 0 amide bonds. The fraction of sp³-hybridized carbons (Fsp3) is 0.308. The predicted molar refractivity (Wildman–Crippen MR) is 64.1 cm³/mol. The van der Waals surface area contributed by atoms with E-state index in [1.54, 1.807) is 6.92 Å². The van der Waals surface area contributed by atoms with Crippen molar-refractivity contribution in [2.45, 2.75) is 20.3 Å². The SMILES string of the molecule is CCOC(=O)C/C(=C\c1ccc(F)cn1)C(C)=O. The van der Waals surface area contributed by atoms with Gasteiger partial charge in [0.2, 0.25) is 0 Å². The number of rotatable bonds is 5. The second kappa shape index (κ2) is 6.64. The fourth-order valence-corrected chi connectivity index (χ4v) is 1.30. The van der Waals surface area contributed by atoms with Crippen LogP contribution in [0.4, 0.5) is 4.39 Å². The molecule has 18 heavy (non-hydrogen) atoms. The first-order valence-electron chi connectivity index (χ1n) is 5.51. The van der Waals surface area contributed by atoms with Crippen LogP contribution in [0.1, 0.15) is 26.0 Å². The van der Waals surface area contributed by atoms with Crippen LogP contribution in [-0.2, 0) is 14.3 Å². The number of halogens is 1. The predicted octanol–water partition coefficient (Wildman–Crippen LogP) is 2.15. The lowest BCUT2D eigenvalue weighted by Crippen LogP contribution is -2.09. The van der Waals surface area contributed by atoms with Gasteiger partial charge in [0.1, 0.15) is 5.82 Å².